The first-order valence-electron chi connectivity index (χ1n) is 4.24. The Balaban J connectivity index is 1.99. The Morgan fingerprint density at radius 2 is 2.29 bits per heavy atom. The largest absolute Gasteiger partial charge is 0.396 e. The molecule has 0 aromatic carbocycles. The first kappa shape index (κ1) is 12.2. The summed E-state index contributed by atoms with van der Waals surface area (Å²) < 4.78 is 0.799. The molecule has 0 saturated heterocycles. The minimum absolute atomic E-state index is 0.282. The third kappa shape index (κ3) is 5.14. The van der Waals surface area contributed by atoms with E-state index in [9.17, 15) is 0 Å². The van der Waals surface area contributed by atoms with E-state index in [2.05, 4.69) is 31.4 Å². The second kappa shape index (κ2) is 7.44. The number of halogens is 1. The van der Waals surface area contributed by atoms with Gasteiger partial charge >= 0.3 is 0 Å². The molecule has 0 unspecified atom stereocenters. The van der Waals surface area contributed by atoms with Gasteiger partial charge in [-0.25, -0.2) is 0 Å². The molecular weight excluding hydrogens is 286 g/mol. The van der Waals surface area contributed by atoms with Crippen LogP contribution < -0.4 is 5.32 Å². The van der Waals surface area contributed by atoms with Crippen LogP contribution in [0.3, 0.4) is 0 Å². The van der Waals surface area contributed by atoms with Gasteiger partial charge in [0.15, 0.2) is 3.92 Å². The maximum absolute atomic E-state index is 8.55. The second-order valence-electron chi connectivity index (χ2n) is 2.48. The fourth-order valence-electron chi connectivity index (χ4n) is 0.776. The molecule has 0 spiro atoms. The van der Waals surface area contributed by atoms with Crippen LogP contribution in [-0.2, 0) is 0 Å². The minimum Gasteiger partial charge on any atom is -0.396 e. The van der Waals surface area contributed by atoms with Gasteiger partial charge in [0, 0.05) is 18.9 Å². The average molecular weight is 298 g/mol. The quantitative estimate of drug-likeness (QED) is 0.752. The lowest BCUT2D eigenvalue weighted by molar-refractivity contribution is 0.296. The number of aliphatic hydroxyl groups excluding tert-OH is 1. The Labute approximate surface area is 99.6 Å². The normalized spacial score (nSPS) is 10.4. The van der Waals surface area contributed by atoms with Gasteiger partial charge in [0.1, 0.15) is 0 Å². The molecule has 1 heterocycles. The molecular formula is C7H12BrN3OS2. The van der Waals surface area contributed by atoms with Crippen LogP contribution in [0.2, 0.25) is 0 Å². The lowest BCUT2D eigenvalue weighted by Gasteiger charge is -2.00. The monoisotopic (exact) mass is 297 g/mol. The van der Waals surface area contributed by atoms with E-state index in [1.807, 2.05) is 11.8 Å². The SMILES string of the molecule is OCCCSCCNc1nnc(Br)s1. The predicted octanol–water partition coefficient (Wildman–Crippen LogP) is 1.83. The molecule has 2 N–H and O–H groups in total. The molecule has 14 heavy (non-hydrogen) atoms. The molecule has 1 rings (SSSR count). The fourth-order valence-corrected chi connectivity index (χ4v) is 2.60. The van der Waals surface area contributed by atoms with Gasteiger partial charge in [0.25, 0.3) is 0 Å². The third-order valence-corrected chi connectivity index (χ3v) is 3.75. The van der Waals surface area contributed by atoms with Crippen molar-refractivity contribution in [1.29, 1.82) is 0 Å². The first-order valence-corrected chi connectivity index (χ1v) is 7.01. The lowest BCUT2D eigenvalue weighted by Crippen LogP contribution is -2.04. The van der Waals surface area contributed by atoms with Crippen LogP contribution in [0.15, 0.2) is 3.92 Å². The number of hydrogen-bond donors (Lipinski definition) is 2. The molecule has 80 valence electrons. The van der Waals surface area contributed by atoms with Crippen LogP contribution in [0.5, 0.6) is 0 Å². The van der Waals surface area contributed by atoms with Crippen LogP contribution in [0.4, 0.5) is 5.13 Å². The standard InChI is InChI=1S/C7H12BrN3OS2/c8-6-10-11-7(14-6)9-2-5-13-4-1-3-12/h12H,1-5H2,(H,9,11). The summed E-state index contributed by atoms with van der Waals surface area (Å²) in [5, 5.41) is 20.3. The van der Waals surface area contributed by atoms with Crippen molar-refractivity contribution in [2.24, 2.45) is 0 Å². The molecule has 1 aromatic rings. The zero-order chi connectivity index (χ0) is 10.2. The van der Waals surface area contributed by atoms with E-state index in [0.29, 0.717) is 0 Å². The molecule has 4 nitrogen and oxygen atoms in total. The molecule has 0 saturated carbocycles. The van der Waals surface area contributed by atoms with Crippen molar-refractivity contribution >= 4 is 44.2 Å². The Hall–Kier alpha value is 0.150. The Morgan fingerprint density at radius 3 is 2.93 bits per heavy atom. The average Bonchev–Trinajstić information content (AvgIpc) is 2.58. The van der Waals surface area contributed by atoms with Crippen molar-refractivity contribution in [1.82, 2.24) is 10.2 Å². The van der Waals surface area contributed by atoms with Crippen LogP contribution in [0.25, 0.3) is 0 Å². The number of nitrogens with zero attached hydrogens (tertiary/aromatic N) is 2. The number of aliphatic hydroxyl groups is 1. The van der Waals surface area contributed by atoms with E-state index in [1.165, 1.54) is 11.3 Å². The molecule has 0 radical (unpaired) electrons. The van der Waals surface area contributed by atoms with Gasteiger partial charge in [-0.1, -0.05) is 11.3 Å². The van der Waals surface area contributed by atoms with Gasteiger partial charge in [0.05, 0.1) is 0 Å². The number of hydrogen-bond acceptors (Lipinski definition) is 6. The van der Waals surface area contributed by atoms with Crippen molar-refractivity contribution in [2.75, 3.05) is 30.0 Å². The summed E-state index contributed by atoms with van der Waals surface area (Å²) in [5.74, 6) is 2.04. The zero-order valence-electron chi connectivity index (χ0n) is 7.57. The molecule has 0 amide bonds. The number of thioether (sulfide) groups is 1. The summed E-state index contributed by atoms with van der Waals surface area (Å²) >= 11 is 6.56. The summed E-state index contributed by atoms with van der Waals surface area (Å²) in [6.45, 7) is 1.17. The maximum Gasteiger partial charge on any atom is 0.206 e. The van der Waals surface area contributed by atoms with Gasteiger partial charge in [-0.15, -0.1) is 10.2 Å². The van der Waals surface area contributed by atoms with Crippen molar-refractivity contribution in [2.45, 2.75) is 6.42 Å². The Morgan fingerprint density at radius 1 is 1.43 bits per heavy atom. The van der Waals surface area contributed by atoms with Gasteiger partial charge in [-0.2, -0.15) is 11.8 Å². The highest BCUT2D eigenvalue weighted by Crippen LogP contribution is 2.19. The topological polar surface area (TPSA) is 58.0 Å². The van der Waals surface area contributed by atoms with Crippen molar-refractivity contribution in [3.8, 4) is 0 Å². The summed E-state index contributed by atoms with van der Waals surface area (Å²) in [4.78, 5) is 0. The summed E-state index contributed by atoms with van der Waals surface area (Å²) in [5.41, 5.74) is 0. The van der Waals surface area contributed by atoms with Gasteiger partial charge in [-0.3, -0.25) is 0 Å². The highest BCUT2D eigenvalue weighted by Gasteiger charge is 1.98. The van der Waals surface area contributed by atoms with Crippen LogP contribution in [0, 0.1) is 0 Å². The third-order valence-electron chi connectivity index (χ3n) is 1.37. The Kier molecular flexibility index (Phi) is 6.50. The van der Waals surface area contributed by atoms with E-state index >= 15 is 0 Å². The predicted molar refractivity (Wildman–Crippen MR) is 65.1 cm³/mol. The molecule has 7 heteroatoms. The van der Waals surface area contributed by atoms with E-state index < -0.39 is 0 Å². The van der Waals surface area contributed by atoms with Crippen molar-refractivity contribution in [3.63, 3.8) is 0 Å². The van der Waals surface area contributed by atoms with E-state index in [1.54, 1.807) is 0 Å². The van der Waals surface area contributed by atoms with Crippen LogP contribution >= 0.6 is 39.0 Å². The molecule has 0 aliphatic rings. The van der Waals surface area contributed by atoms with Crippen LogP contribution in [-0.4, -0.2) is 40.0 Å². The highest BCUT2D eigenvalue weighted by molar-refractivity contribution is 9.11. The van der Waals surface area contributed by atoms with Crippen LogP contribution in [0.1, 0.15) is 6.42 Å². The number of anilines is 1. The van der Waals surface area contributed by atoms with E-state index in [0.717, 1.165) is 33.5 Å². The summed E-state index contributed by atoms with van der Waals surface area (Å²) in [7, 11) is 0. The zero-order valence-corrected chi connectivity index (χ0v) is 10.8. The van der Waals surface area contributed by atoms with E-state index in [4.69, 9.17) is 5.11 Å². The number of nitrogens with one attached hydrogen (secondary N) is 1. The molecule has 0 aliphatic carbocycles. The number of rotatable bonds is 7. The smallest absolute Gasteiger partial charge is 0.206 e. The van der Waals surface area contributed by atoms with Gasteiger partial charge in [0.2, 0.25) is 5.13 Å². The summed E-state index contributed by atoms with van der Waals surface area (Å²) in [6.07, 6.45) is 0.870. The van der Waals surface area contributed by atoms with Crippen molar-refractivity contribution < 1.29 is 5.11 Å². The summed E-state index contributed by atoms with van der Waals surface area (Å²) in [6, 6.07) is 0. The highest BCUT2D eigenvalue weighted by atomic mass is 79.9. The van der Waals surface area contributed by atoms with Gasteiger partial charge in [-0.05, 0) is 28.1 Å². The maximum atomic E-state index is 8.55. The Bertz CT molecular complexity index is 259. The lowest BCUT2D eigenvalue weighted by atomic mass is 10.5. The fraction of sp³-hybridized carbons (Fsp3) is 0.714. The first-order chi connectivity index (χ1) is 6.83. The molecule has 0 atom stereocenters. The molecule has 0 aliphatic heterocycles. The number of aromatic nitrogens is 2. The minimum atomic E-state index is 0.282. The molecule has 1 aromatic heterocycles. The van der Waals surface area contributed by atoms with Crippen molar-refractivity contribution in [3.05, 3.63) is 3.92 Å². The second-order valence-corrected chi connectivity index (χ2v) is 5.95. The molecule has 0 fully saturated rings. The van der Waals surface area contributed by atoms with Gasteiger partial charge < -0.3 is 10.4 Å². The van der Waals surface area contributed by atoms with E-state index in [-0.39, 0.29) is 6.61 Å². The molecule has 0 bridgehead atoms.